The third kappa shape index (κ3) is 4.52. The number of aliphatic hydroxyl groups excluding tert-OH is 1. The van der Waals surface area contributed by atoms with Crippen molar-refractivity contribution in [1.82, 2.24) is 0 Å². The van der Waals surface area contributed by atoms with Crippen LogP contribution in [0.5, 0.6) is 0 Å². The molecule has 2 nitrogen and oxygen atoms in total. The van der Waals surface area contributed by atoms with E-state index >= 15 is 0 Å². The molecule has 1 unspecified atom stereocenters. The number of aliphatic hydroxyl groups is 1. The van der Waals surface area contributed by atoms with Gasteiger partial charge in [-0.25, -0.2) is 0 Å². The molecule has 1 fully saturated rings. The molecule has 0 bridgehead atoms. The normalized spacial score (nSPS) is 26.6. The quantitative estimate of drug-likeness (QED) is 0.779. The lowest BCUT2D eigenvalue weighted by molar-refractivity contribution is -0.0759. The highest BCUT2D eigenvalue weighted by atomic mass is 16.5. The monoisotopic (exact) mass is 214 g/mol. The van der Waals surface area contributed by atoms with E-state index in [1.807, 2.05) is 13.8 Å². The molecule has 0 spiro atoms. The van der Waals surface area contributed by atoms with Gasteiger partial charge in [0, 0.05) is 0 Å². The van der Waals surface area contributed by atoms with Gasteiger partial charge in [-0.05, 0) is 44.4 Å². The Morgan fingerprint density at radius 2 is 2.07 bits per heavy atom. The zero-order valence-corrected chi connectivity index (χ0v) is 10.7. The van der Waals surface area contributed by atoms with Crippen LogP contribution in [0.15, 0.2) is 0 Å². The van der Waals surface area contributed by atoms with Crippen molar-refractivity contribution in [1.29, 1.82) is 0 Å². The molecule has 2 heteroatoms. The van der Waals surface area contributed by atoms with Gasteiger partial charge in [-0.1, -0.05) is 20.3 Å². The van der Waals surface area contributed by atoms with Gasteiger partial charge in [0.1, 0.15) is 0 Å². The van der Waals surface area contributed by atoms with Crippen molar-refractivity contribution in [3.05, 3.63) is 0 Å². The van der Waals surface area contributed by atoms with E-state index in [4.69, 9.17) is 9.84 Å². The second-order valence-corrected chi connectivity index (χ2v) is 6.36. The Hall–Kier alpha value is -0.0800. The maximum atomic E-state index is 9.10. The standard InChI is InChI=1S/C13H26O2/c1-12(2)7-5-6-11(8-12)9-15-13(3,4)10-14/h11,14H,5-10H2,1-4H3. The zero-order chi connectivity index (χ0) is 11.5. The Morgan fingerprint density at radius 3 is 2.60 bits per heavy atom. The molecule has 1 atom stereocenters. The molecule has 0 aromatic heterocycles. The molecule has 90 valence electrons. The lowest BCUT2D eigenvalue weighted by Crippen LogP contribution is -2.33. The van der Waals surface area contributed by atoms with E-state index in [0.29, 0.717) is 11.3 Å². The van der Waals surface area contributed by atoms with E-state index in [9.17, 15) is 0 Å². The van der Waals surface area contributed by atoms with E-state index in [1.54, 1.807) is 0 Å². The summed E-state index contributed by atoms with van der Waals surface area (Å²) in [6.07, 6.45) is 5.20. The topological polar surface area (TPSA) is 29.5 Å². The number of ether oxygens (including phenoxy) is 1. The van der Waals surface area contributed by atoms with Gasteiger partial charge < -0.3 is 9.84 Å². The molecule has 0 saturated heterocycles. The lowest BCUT2D eigenvalue weighted by Gasteiger charge is -2.36. The first kappa shape index (κ1) is 13.0. The molecule has 1 aliphatic rings. The summed E-state index contributed by atoms with van der Waals surface area (Å²) < 4.78 is 5.76. The van der Waals surface area contributed by atoms with E-state index < -0.39 is 0 Å². The highest BCUT2D eigenvalue weighted by Gasteiger charge is 2.29. The van der Waals surface area contributed by atoms with E-state index in [2.05, 4.69) is 13.8 Å². The van der Waals surface area contributed by atoms with Gasteiger partial charge in [-0.3, -0.25) is 0 Å². The summed E-state index contributed by atoms with van der Waals surface area (Å²) in [5, 5.41) is 9.10. The van der Waals surface area contributed by atoms with Crippen LogP contribution >= 0.6 is 0 Å². The van der Waals surface area contributed by atoms with Crippen molar-refractivity contribution in [2.45, 2.75) is 59.0 Å². The summed E-state index contributed by atoms with van der Waals surface area (Å²) in [6, 6.07) is 0. The first-order valence-corrected chi connectivity index (χ1v) is 6.09. The van der Waals surface area contributed by atoms with Crippen LogP contribution in [0.25, 0.3) is 0 Å². The Balaban J connectivity index is 2.33. The molecule has 0 aromatic rings. The molecular weight excluding hydrogens is 188 g/mol. The highest BCUT2D eigenvalue weighted by Crippen LogP contribution is 2.38. The number of hydrogen-bond acceptors (Lipinski definition) is 2. The second kappa shape index (κ2) is 4.84. The smallest absolute Gasteiger partial charge is 0.0856 e. The average Bonchev–Trinajstić information content (AvgIpc) is 2.14. The summed E-state index contributed by atoms with van der Waals surface area (Å²) in [5.41, 5.74) is 0.108. The Kier molecular flexibility index (Phi) is 4.19. The van der Waals surface area contributed by atoms with Crippen LogP contribution in [-0.2, 0) is 4.74 Å². The van der Waals surface area contributed by atoms with Gasteiger partial charge in [0.05, 0.1) is 18.8 Å². The van der Waals surface area contributed by atoms with Gasteiger partial charge >= 0.3 is 0 Å². The summed E-state index contributed by atoms with van der Waals surface area (Å²) in [4.78, 5) is 0. The van der Waals surface area contributed by atoms with Crippen molar-refractivity contribution in [3.63, 3.8) is 0 Å². The SMILES string of the molecule is CC1(C)CCCC(COC(C)(C)CO)C1. The Bertz CT molecular complexity index is 197. The van der Waals surface area contributed by atoms with Crippen molar-refractivity contribution in [3.8, 4) is 0 Å². The fraction of sp³-hybridized carbons (Fsp3) is 1.00. The molecule has 1 N–H and O–H groups in total. The van der Waals surface area contributed by atoms with Crippen LogP contribution in [0.3, 0.4) is 0 Å². The van der Waals surface area contributed by atoms with Gasteiger partial charge in [0.25, 0.3) is 0 Å². The van der Waals surface area contributed by atoms with Crippen LogP contribution in [0.1, 0.15) is 53.4 Å². The fourth-order valence-electron chi connectivity index (χ4n) is 2.39. The highest BCUT2D eigenvalue weighted by molar-refractivity contribution is 4.80. The Morgan fingerprint density at radius 1 is 1.40 bits per heavy atom. The largest absolute Gasteiger partial charge is 0.393 e. The minimum Gasteiger partial charge on any atom is -0.393 e. The van der Waals surface area contributed by atoms with Crippen LogP contribution in [0, 0.1) is 11.3 Å². The molecule has 1 rings (SSSR count). The third-order valence-electron chi connectivity index (χ3n) is 3.40. The van der Waals surface area contributed by atoms with Crippen molar-refractivity contribution in [2.75, 3.05) is 13.2 Å². The molecule has 0 aromatic carbocycles. The van der Waals surface area contributed by atoms with E-state index in [1.165, 1.54) is 25.7 Å². The van der Waals surface area contributed by atoms with Gasteiger partial charge in [-0.15, -0.1) is 0 Å². The summed E-state index contributed by atoms with van der Waals surface area (Å²) in [7, 11) is 0. The molecule has 15 heavy (non-hydrogen) atoms. The van der Waals surface area contributed by atoms with Crippen molar-refractivity contribution < 1.29 is 9.84 Å². The van der Waals surface area contributed by atoms with Crippen LogP contribution in [-0.4, -0.2) is 23.9 Å². The average molecular weight is 214 g/mol. The summed E-state index contributed by atoms with van der Waals surface area (Å²) in [5.74, 6) is 0.680. The van der Waals surface area contributed by atoms with Crippen LogP contribution in [0.4, 0.5) is 0 Å². The molecule has 0 radical (unpaired) electrons. The zero-order valence-electron chi connectivity index (χ0n) is 10.7. The maximum Gasteiger partial charge on any atom is 0.0856 e. The van der Waals surface area contributed by atoms with Gasteiger partial charge in [0.15, 0.2) is 0 Å². The molecule has 0 heterocycles. The number of hydrogen-bond donors (Lipinski definition) is 1. The summed E-state index contributed by atoms with van der Waals surface area (Å²) in [6.45, 7) is 9.48. The number of rotatable bonds is 4. The molecule has 0 amide bonds. The predicted molar refractivity (Wildman–Crippen MR) is 62.9 cm³/mol. The van der Waals surface area contributed by atoms with Gasteiger partial charge in [0.2, 0.25) is 0 Å². The van der Waals surface area contributed by atoms with E-state index in [-0.39, 0.29) is 12.2 Å². The summed E-state index contributed by atoms with van der Waals surface area (Å²) >= 11 is 0. The molecule has 1 aliphatic carbocycles. The minimum atomic E-state index is -0.373. The molecule has 1 saturated carbocycles. The van der Waals surface area contributed by atoms with Gasteiger partial charge in [-0.2, -0.15) is 0 Å². The lowest BCUT2D eigenvalue weighted by atomic mass is 9.72. The van der Waals surface area contributed by atoms with Crippen LogP contribution in [0.2, 0.25) is 0 Å². The first-order valence-electron chi connectivity index (χ1n) is 6.09. The fourth-order valence-corrected chi connectivity index (χ4v) is 2.39. The minimum absolute atomic E-state index is 0.100. The maximum absolute atomic E-state index is 9.10. The molecular formula is C13H26O2. The first-order chi connectivity index (χ1) is 6.85. The molecule has 0 aliphatic heterocycles. The van der Waals surface area contributed by atoms with Crippen molar-refractivity contribution >= 4 is 0 Å². The predicted octanol–water partition coefficient (Wildman–Crippen LogP) is 2.99. The van der Waals surface area contributed by atoms with E-state index in [0.717, 1.165) is 6.61 Å². The third-order valence-corrected chi connectivity index (χ3v) is 3.40. The second-order valence-electron chi connectivity index (χ2n) is 6.36. The van der Waals surface area contributed by atoms with Crippen LogP contribution < -0.4 is 0 Å². The van der Waals surface area contributed by atoms with Crippen molar-refractivity contribution in [2.24, 2.45) is 11.3 Å². The Labute approximate surface area is 94.0 Å².